The maximum Gasteiger partial charge on any atom is 0.202 e. The molecule has 2 aromatic rings. The van der Waals surface area contributed by atoms with Crippen molar-refractivity contribution in [2.75, 3.05) is 21.3 Å². The molecular formula is C18H16O7. The van der Waals surface area contributed by atoms with Crippen LogP contribution in [0.25, 0.3) is 0 Å². The number of ketones is 2. The fraction of sp³-hybridized carbons (Fsp3) is 0.222. The number of carbonyl (C=O) groups is 2. The number of hydrogen-bond acceptors (Lipinski definition) is 7. The van der Waals surface area contributed by atoms with Gasteiger partial charge in [0.15, 0.2) is 17.3 Å². The normalized spacial score (nSPS) is 12.5. The number of phenolic OH excluding ortho intramolecular Hbond substituents is 2. The molecule has 0 bridgehead atoms. The number of fused-ring (bicyclic) bond motifs is 2. The summed E-state index contributed by atoms with van der Waals surface area (Å²) in [6.45, 7) is 1.66. The van der Waals surface area contributed by atoms with Gasteiger partial charge in [-0.2, -0.15) is 0 Å². The topological polar surface area (TPSA) is 102 Å². The predicted molar refractivity (Wildman–Crippen MR) is 87.5 cm³/mol. The molecule has 0 saturated heterocycles. The summed E-state index contributed by atoms with van der Waals surface area (Å²) in [4.78, 5) is 26.0. The van der Waals surface area contributed by atoms with E-state index < -0.39 is 17.3 Å². The average Bonchev–Trinajstić information content (AvgIpc) is 2.58. The Morgan fingerprint density at radius 3 is 2.00 bits per heavy atom. The summed E-state index contributed by atoms with van der Waals surface area (Å²) in [6.07, 6.45) is 0. The van der Waals surface area contributed by atoms with Crippen molar-refractivity contribution >= 4 is 11.6 Å². The lowest BCUT2D eigenvalue weighted by molar-refractivity contribution is 0.0970. The fourth-order valence-electron chi connectivity index (χ4n) is 3.13. The fourth-order valence-corrected chi connectivity index (χ4v) is 3.13. The van der Waals surface area contributed by atoms with Gasteiger partial charge >= 0.3 is 0 Å². The molecule has 7 nitrogen and oxygen atoms in total. The molecule has 1 aliphatic carbocycles. The first-order valence-electron chi connectivity index (χ1n) is 7.35. The van der Waals surface area contributed by atoms with Gasteiger partial charge in [0.25, 0.3) is 0 Å². The Kier molecular flexibility index (Phi) is 3.79. The Morgan fingerprint density at radius 2 is 1.44 bits per heavy atom. The molecule has 2 N–H and O–H groups in total. The van der Waals surface area contributed by atoms with Crippen molar-refractivity contribution in [1.82, 2.24) is 0 Å². The third-order valence-electron chi connectivity index (χ3n) is 4.22. The van der Waals surface area contributed by atoms with Gasteiger partial charge in [0, 0.05) is 5.56 Å². The predicted octanol–water partition coefficient (Wildman–Crippen LogP) is 2.21. The van der Waals surface area contributed by atoms with Gasteiger partial charge in [0.2, 0.25) is 11.5 Å². The number of benzene rings is 2. The van der Waals surface area contributed by atoms with Crippen LogP contribution in [0.2, 0.25) is 0 Å². The van der Waals surface area contributed by atoms with Gasteiger partial charge in [-0.1, -0.05) is 0 Å². The Labute approximate surface area is 143 Å². The molecule has 0 heterocycles. The highest BCUT2D eigenvalue weighted by molar-refractivity contribution is 6.31. The zero-order valence-electron chi connectivity index (χ0n) is 14.1. The van der Waals surface area contributed by atoms with Crippen LogP contribution in [0.15, 0.2) is 12.1 Å². The van der Waals surface area contributed by atoms with E-state index in [1.165, 1.54) is 33.5 Å². The molecule has 2 aromatic carbocycles. The van der Waals surface area contributed by atoms with Crippen LogP contribution in [0.3, 0.4) is 0 Å². The summed E-state index contributed by atoms with van der Waals surface area (Å²) in [6, 6.07) is 2.62. The van der Waals surface area contributed by atoms with E-state index in [1.54, 1.807) is 6.92 Å². The maximum absolute atomic E-state index is 13.0. The Morgan fingerprint density at radius 1 is 0.800 bits per heavy atom. The molecule has 0 amide bonds. The molecule has 0 atom stereocenters. The van der Waals surface area contributed by atoms with Crippen LogP contribution in [0.1, 0.15) is 37.4 Å². The van der Waals surface area contributed by atoms with E-state index in [0.717, 1.165) is 0 Å². The van der Waals surface area contributed by atoms with Gasteiger partial charge in [0.1, 0.15) is 11.5 Å². The number of hydrogen-bond donors (Lipinski definition) is 2. The third kappa shape index (κ3) is 2.12. The van der Waals surface area contributed by atoms with Crippen molar-refractivity contribution in [2.24, 2.45) is 0 Å². The molecule has 0 spiro atoms. The smallest absolute Gasteiger partial charge is 0.202 e. The van der Waals surface area contributed by atoms with Crippen LogP contribution in [-0.2, 0) is 0 Å². The molecule has 7 heteroatoms. The second-order valence-corrected chi connectivity index (χ2v) is 5.54. The summed E-state index contributed by atoms with van der Waals surface area (Å²) in [5.74, 6) is -1.88. The molecule has 0 aliphatic heterocycles. The Hall–Kier alpha value is -3.22. The summed E-state index contributed by atoms with van der Waals surface area (Å²) in [5, 5.41) is 20.5. The molecule has 3 rings (SSSR count). The Balaban J connectivity index is 2.44. The number of rotatable bonds is 3. The first-order chi connectivity index (χ1) is 11.9. The highest BCUT2D eigenvalue weighted by atomic mass is 16.5. The number of carbonyl (C=O) groups excluding carboxylic acids is 2. The molecule has 0 radical (unpaired) electrons. The quantitative estimate of drug-likeness (QED) is 0.751. The minimum absolute atomic E-state index is 0.00366. The van der Waals surface area contributed by atoms with Crippen molar-refractivity contribution in [3.63, 3.8) is 0 Å². The Bertz CT molecular complexity index is 928. The van der Waals surface area contributed by atoms with Crippen LogP contribution in [-0.4, -0.2) is 43.1 Å². The lowest BCUT2D eigenvalue weighted by Crippen LogP contribution is -2.23. The third-order valence-corrected chi connectivity index (χ3v) is 4.22. The zero-order valence-corrected chi connectivity index (χ0v) is 14.1. The van der Waals surface area contributed by atoms with E-state index in [0.29, 0.717) is 5.56 Å². The molecule has 0 unspecified atom stereocenters. The van der Waals surface area contributed by atoms with Crippen molar-refractivity contribution < 1.29 is 34.0 Å². The lowest BCUT2D eigenvalue weighted by Gasteiger charge is -2.24. The highest BCUT2D eigenvalue weighted by Gasteiger charge is 2.39. The molecule has 0 aromatic heterocycles. The van der Waals surface area contributed by atoms with E-state index >= 15 is 0 Å². The minimum atomic E-state index is -0.643. The molecule has 130 valence electrons. The van der Waals surface area contributed by atoms with Crippen LogP contribution in [0.5, 0.6) is 28.7 Å². The number of ether oxygens (including phenoxy) is 3. The van der Waals surface area contributed by atoms with Gasteiger partial charge in [-0.25, -0.2) is 0 Å². The second-order valence-electron chi connectivity index (χ2n) is 5.54. The minimum Gasteiger partial charge on any atom is -0.507 e. The summed E-state index contributed by atoms with van der Waals surface area (Å²) in [5.41, 5.74) is 0.197. The van der Waals surface area contributed by atoms with E-state index in [1.807, 2.05) is 0 Å². The zero-order chi connectivity index (χ0) is 18.5. The van der Waals surface area contributed by atoms with Crippen LogP contribution in [0.4, 0.5) is 0 Å². The van der Waals surface area contributed by atoms with Crippen molar-refractivity contribution in [2.45, 2.75) is 6.92 Å². The molecule has 25 heavy (non-hydrogen) atoms. The molecule has 0 fully saturated rings. The second kappa shape index (κ2) is 5.70. The lowest BCUT2D eigenvalue weighted by atomic mass is 9.81. The van der Waals surface area contributed by atoms with Crippen molar-refractivity contribution in [1.29, 1.82) is 0 Å². The van der Waals surface area contributed by atoms with Gasteiger partial charge in [-0.05, 0) is 24.6 Å². The van der Waals surface area contributed by atoms with Crippen molar-refractivity contribution in [3.8, 4) is 28.7 Å². The number of phenols is 2. The highest BCUT2D eigenvalue weighted by Crippen LogP contribution is 2.48. The maximum atomic E-state index is 13.0. The van der Waals surface area contributed by atoms with Gasteiger partial charge < -0.3 is 24.4 Å². The van der Waals surface area contributed by atoms with Gasteiger partial charge in [0.05, 0.1) is 38.0 Å². The molecule has 1 aliphatic rings. The van der Waals surface area contributed by atoms with E-state index in [-0.39, 0.29) is 45.3 Å². The number of methoxy groups -OCH3 is 3. The van der Waals surface area contributed by atoms with Gasteiger partial charge in [-0.15, -0.1) is 0 Å². The van der Waals surface area contributed by atoms with Crippen molar-refractivity contribution in [3.05, 3.63) is 39.9 Å². The monoisotopic (exact) mass is 344 g/mol. The van der Waals surface area contributed by atoms with E-state index in [4.69, 9.17) is 14.2 Å². The van der Waals surface area contributed by atoms with E-state index in [2.05, 4.69) is 0 Å². The van der Waals surface area contributed by atoms with Gasteiger partial charge in [-0.3, -0.25) is 9.59 Å². The molecule has 0 saturated carbocycles. The summed E-state index contributed by atoms with van der Waals surface area (Å²) in [7, 11) is 3.96. The number of aromatic hydroxyl groups is 2. The van der Waals surface area contributed by atoms with Crippen LogP contribution in [0, 0.1) is 6.92 Å². The first kappa shape index (κ1) is 16.6. The summed E-state index contributed by atoms with van der Waals surface area (Å²) < 4.78 is 15.5. The molecular weight excluding hydrogens is 328 g/mol. The number of aryl methyl sites for hydroxylation is 1. The largest absolute Gasteiger partial charge is 0.507 e. The standard InChI is InChI=1S/C18H16O7/c1-7-5-9(19)12-13(17(7)24-3)14(20)8-6-10(23-2)15(21)18(25-4)11(8)16(12)22/h5-6,19,21H,1-4H3. The van der Waals surface area contributed by atoms with E-state index in [9.17, 15) is 19.8 Å². The SMILES string of the molecule is COc1cc2c(c(OC)c1O)C(=O)c1c(O)cc(C)c(OC)c1C2=O. The first-order valence-corrected chi connectivity index (χ1v) is 7.35. The van der Waals surface area contributed by atoms with Crippen LogP contribution >= 0.6 is 0 Å². The summed E-state index contributed by atoms with van der Waals surface area (Å²) >= 11 is 0. The van der Waals surface area contributed by atoms with Crippen LogP contribution < -0.4 is 14.2 Å². The average molecular weight is 344 g/mol.